The number of thioether (sulfide) groups is 1. The number of benzene rings is 1. The first-order valence-corrected chi connectivity index (χ1v) is 13.2. The van der Waals surface area contributed by atoms with Gasteiger partial charge in [0.1, 0.15) is 15.8 Å². The number of aromatic nitrogens is 2. The number of pyridine rings is 1. The van der Waals surface area contributed by atoms with Gasteiger partial charge >= 0.3 is 0 Å². The van der Waals surface area contributed by atoms with Gasteiger partial charge in [0.25, 0.3) is 11.5 Å². The van der Waals surface area contributed by atoms with E-state index in [1.165, 1.54) is 16.7 Å². The molecule has 0 bridgehead atoms. The Bertz CT molecular complexity index is 1430. The molecule has 1 aromatic carbocycles. The van der Waals surface area contributed by atoms with E-state index in [0.29, 0.717) is 31.3 Å². The van der Waals surface area contributed by atoms with Crippen LogP contribution in [0.3, 0.4) is 0 Å². The molecule has 180 valence electrons. The van der Waals surface area contributed by atoms with Gasteiger partial charge in [-0.3, -0.25) is 18.9 Å². The predicted octanol–water partition coefficient (Wildman–Crippen LogP) is 5.44. The summed E-state index contributed by atoms with van der Waals surface area (Å²) in [6.45, 7) is 5.20. The Morgan fingerprint density at radius 3 is 2.77 bits per heavy atom. The summed E-state index contributed by atoms with van der Waals surface area (Å²) < 4.78 is 2.00. The molecule has 5 rings (SSSR count). The highest BCUT2D eigenvalue weighted by molar-refractivity contribution is 8.26. The molecule has 6 nitrogen and oxygen atoms in total. The van der Waals surface area contributed by atoms with Gasteiger partial charge in [0.15, 0.2) is 0 Å². The van der Waals surface area contributed by atoms with Gasteiger partial charge in [-0.15, -0.1) is 0 Å². The first kappa shape index (κ1) is 24.0. The molecular weight excluding hydrogens is 500 g/mol. The summed E-state index contributed by atoms with van der Waals surface area (Å²) in [5.41, 5.74) is 2.59. The first-order valence-electron chi connectivity index (χ1n) is 11.6. The predicted molar refractivity (Wildman–Crippen MR) is 147 cm³/mol. The maximum Gasteiger partial charge on any atom is 0.267 e. The minimum absolute atomic E-state index is 0.192. The molecule has 0 N–H and O–H groups in total. The molecule has 1 unspecified atom stereocenters. The standard InChI is InChI=1S/C26H25ClN4O2S2/c1-16-10-11-22-28-23(29-12-6-5-7-17(29)2)19(24(32)30(22)14-16)13-21-25(33)31(26(34)35-21)15-18-8-3-4-9-20(18)27/h3-4,8-11,13-14,17H,5-7,12,15H2,1-2H3. The molecule has 2 fully saturated rings. The highest BCUT2D eigenvalue weighted by Crippen LogP contribution is 2.36. The molecule has 1 atom stereocenters. The van der Waals surface area contributed by atoms with Crippen molar-refractivity contribution in [2.45, 2.75) is 45.7 Å². The number of hydrogen-bond acceptors (Lipinski definition) is 6. The minimum Gasteiger partial charge on any atom is -0.353 e. The molecule has 0 radical (unpaired) electrons. The van der Waals surface area contributed by atoms with Gasteiger partial charge in [0.2, 0.25) is 0 Å². The summed E-state index contributed by atoms with van der Waals surface area (Å²) in [6, 6.07) is 11.5. The number of carbonyl (C=O) groups is 1. The Morgan fingerprint density at radius 2 is 2.00 bits per heavy atom. The lowest BCUT2D eigenvalue weighted by Gasteiger charge is -2.35. The van der Waals surface area contributed by atoms with Crippen LogP contribution in [0, 0.1) is 6.92 Å². The number of aryl methyl sites for hydroxylation is 1. The van der Waals surface area contributed by atoms with Crippen LogP contribution in [0.25, 0.3) is 11.7 Å². The number of anilines is 1. The Balaban J connectivity index is 1.60. The second-order valence-electron chi connectivity index (χ2n) is 8.99. The van der Waals surface area contributed by atoms with Crippen LogP contribution in [0.15, 0.2) is 52.3 Å². The second-order valence-corrected chi connectivity index (χ2v) is 11.1. The van der Waals surface area contributed by atoms with Crippen molar-refractivity contribution in [3.8, 4) is 0 Å². The van der Waals surface area contributed by atoms with Crippen molar-refractivity contribution < 1.29 is 4.79 Å². The van der Waals surface area contributed by atoms with E-state index < -0.39 is 0 Å². The fraction of sp³-hybridized carbons (Fsp3) is 0.308. The summed E-state index contributed by atoms with van der Waals surface area (Å²) in [5.74, 6) is 0.397. The lowest BCUT2D eigenvalue weighted by Crippen LogP contribution is -2.40. The van der Waals surface area contributed by atoms with Crippen molar-refractivity contribution in [1.29, 1.82) is 0 Å². The van der Waals surface area contributed by atoms with E-state index in [-0.39, 0.29) is 24.1 Å². The molecule has 0 saturated carbocycles. The van der Waals surface area contributed by atoms with Gasteiger partial charge in [0.05, 0.1) is 17.0 Å². The van der Waals surface area contributed by atoms with E-state index in [1.54, 1.807) is 22.7 Å². The molecule has 2 saturated heterocycles. The van der Waals surface area contributed by atoms with Gasteiger partial charge in [0, 0.05) is 23.8 Å². The number of halogens is 1. The molecule has 0 spiro atoms. The van der Waals surface area contributed by atoms with Gasteiger partial charge in [-0.25, -0.2) is 4.98 Å². The summed E-state index contributed by atoms with van der Waals surface area (Å²) in [7, 11) is 0. The third kappa shape index (κ3) is 4.62. The average Bonchev–Trinajstić information content (AvgIpc) is 3.10. The van der Waals surface area contributed by atoms with Crippen LogP contribution < -0.4 is 10.5 Å². The first-order chi connectivity index (χ1) is 16.8. The van der Waals surface area contributed by atoms with Gasteiger partial charge < -0.3 is 4.90 Å². The number of hydrogen-bond donors (Lipinski definition) is 0. The number of thiocarbonyl (C=S) groups is 1. The average molecular weight is 525 g/mol. The second kappa shape index (κ2) is 9.76. The SMILES string of the molecule is Cc1ccc2nc(N3CCCCC3C)c(C=C3SC(=S)N(Cc4ccccc4Cl)C3=O)c(=O)n2c1. The zero-order chi connectivity index (χ0) is 24.7. The van der Waals surface area contributed by atoms with Crippen LogP contribution in [0.5, 0.6) is 0 Å². The highest BCUT2D eigenvalue weighted by atomic mass is 35.5. The molecule has 0 aliphatic carbocycles. The van der Waals surface area contributed by atoms with Crippen LogP contribution in [-0.4, -0.2) is 37.1 Å². The van der Waals surface area contributed by atoms with Crippen LogP contribution in [0.2, 0.25) is 5.02 Å². The lowest BCUT2D eigenvalue weighted by molar-refractivity contribution is -0.122. The van der Waals surface area contributed by atoms with E-state index in [4.69, 9.17) is 28.8 Å². The van der Waals surface area contributed by atoms with E-state index in [9.17, 15) is 9.59 Å². The summed E-state index contributed by atoms with van der Waals surface area (Å²) in [4.78, 5) is 36.1. The zero-order valence-corrected chi connectivity index (χ0v) is 21.9. The Kier molecular flexibility index (Phi) is 6.70. The summed E-state index contributed by atoms with van der Waals surface area (Å²) in [6.07, 6.45) is 6.69. The zero-order valence-electron chi connectivity index (χ0n) is 19.5. The highest BCUT2D eigenvalue weighted by Gasteiger charge is 2.34. The number of amides is 1. The molecule has 2 aliphatic rings. The molecule has 4 heterocycles. The Hall–Kier alpha value is -2.68. The molecule has 35 heavy (non-hydrogen) atoms. The van der Waals surface area contributed by atoms with Crippen molar-refractivity contribution >= 4 is 63.3 Å². The molecule has 3 aromatic rings. The fourth-order valence-corrected chi connectivity index (χ4v) is 6.00. The van der Waals surface area contributed by atoms with Crippen molar-refractivity contribution in [3.63, 3.8) is 0 Å². The number of rotatable bonds is 4. The van der Waals surface area contributed by atoms with Crippen LogP contribution in [0.4, 0.5) is 5.82 Å². The third-order valence-electron chi connectivity index (χ3n) is 6.50. The maximum absolute atomic E-state index is 13.7. The molecule has 9 heteroatoms. The van der Waals surface area contributed by atoms with Crippen molar-refractivity contribution in [3.05, 3.63) is 79.6 Å². The Labute approximate surface area is 218 Å². The van der Waals surface area contributed by atoms with E-state index in [2.05, 4.69) is 11.8 Å². The molecule has 2 aromatic heterocycles. The van der Waals surface area contributed by atoms with Crippen molar-refractivity contribution in [2.24, 2.45) is 0 Å². The number of carbonyl (C=O) groups excluding carboxylic acids is 1. The van der Waals surface area contributed by atoms with Crippen LogP contribution in [-0.2, 0) is 11.3 Å². The number of fused-ring (bicyclic) bond motifs is 1. The topological polar surface area (TPSA) is 57.9 Å². The van der Waals surface area contributed by atoms with E-state index in [0.717, 1.165) is 36.9 Å². The summed E-state index contributed by atoms with van der Waals surface area (Å²) >= 11 is 13.1. The normalized spacial score (nSPS) is 19.9. The van der Waals surface area contributed by atoms with Gasteiger partial charge in [-0.1, -0.05) is 59.8 Å². The number of piperidine rings is 1. The Morgan fingerprint density at radius 1 is 1.20 bits per heavy atom. The molecular formula is C26H25ClN4O2S2. The van der Waals surface area contributed by atoms with Crippen molar-refractivity contribution in [1.82, 2.24) is 14.3 Å². The van der Waals surface area contributed by atoms with Crippen molar-refractivity contribution in [2.75, 3.05) is 11.4 Å². The van der Waals surface area contributed by atoms with E-state index >= 15 is 0 Å². The largest absolute Gasteiger partial charge is 0.353 e. The smallest absolute Gasteiger partial charge is 0.267 e. The maximum atomic E-state index is 13.7. The molecule has 2 aliphatic heterocycles. The van der Waals surface area contributed by atoms with Crippen LogP contribution in [0.1, 0.15) is 42.9 Å². The quantitative estimate of drug-likeness (QED) is 0.335. The minimum atomic E-state index is -0.230. The monoisotopic (exact) mass is 524 g/mol. The van der Waals surface area contributed by atoms with Crippen LogP contribution >= 0.6 is 35.6 Å². The van der Waals surface area contributed by atoms with E-state index in [1.807, 2.05) is 37.3 Å². The third-order valence-corrected chi connectivity index (χ3v) is 8.24. The van der Waals surface area contributed by atoms with Gasteiger partial charge in [-0.2, -0.15) is 0 Å². The lowest BCUT2D eigenvalue weighted by atomic mass is 10.0. The summed E-state index contributed by atoms with van der Waals surface area (Å²) in [5, 5.41) is 0.583. The fourth-order valence-electron chi connectivity index (χ4n) is 4.57. The molecule has 1 amide bonds. The number of nitrogens with zero attached hydrogens (tertiary/aromatic N) is 4. The van der Waals surface area contributed by atoms with Gasteiger partial charge in [-0.05, 0) is 62.4 Å².